The third-order valence-electron chi connectivity index (χ3n) is 5.18. The van der Waals surface area contributed by atoms with Crippen LogP contribution in [0.2, 0.25) is 0 Å². The van der Waals surface area contributed by atoms with Gasteiger partial charge < -0.3 is 24.3 Å². The molecule has 6 nitrogen and oxygen atoms in total. The van der Waals surface area contributed by atoms with Crippen LogP contribution in [-0.4, -0.2) is 39.1 Å². The zero-order chi connectivity index (χ0) is 19.4. The van der Waals surface area contributed by atoms with Crippen molar-refractivity contribution in [3.05, 3.63) is 52.5 Å². The summed E-state index contributed by atoms with van der Waals surface area (Å²) in [5.41, 5.74) is 0.464. The highest BCUT2D eigenvalue weighted by Crippen LogP contribution is 2.36. The van der Waals surface area contributed by atoms with Crippen LogP contribution in [-0.2, 0) is 14.9 Å². The highest BCUT2D eigenvalue weighted by atomic mass is 79.9. The Kier molecular flexibility index (Phi) is 5.73. The summed E-state index contributed by atoms with van der Waals surface area (Å²) in [7, 11) is 0. The minimum atomic E-state index is -0.558. The molecule has 2 aliphatic rings. The summed E-state index contributed by atoms with van der Waals surface area (Å²) in [4.78, 5) is 13.1. The molecule has 0 atom stereocenters. The van der Waals surface area contributed by atoms with Crippen molar-refractivity contribution in [2.75, 3.05) is 33.2 Å². The number of halogens is 1. The molecular weight excluding hydrogens is 426 g/mol. The fraction of sp³-hybridized carbons (Fsp3) is 0.381. The first kappa shape index (κ1) is 19.1. The highest BCUT2D eigenvalue weighted by Gasteiger charge is 2.41. The topological polar surface area (TPSA) is 66.0 Å². The van der Waals surface area contributed by atoms with Crippen LogP contribution in [0.1, 0.15) is 18.4 Å². The molecule has 2 aromatic carbocycles. The van der Waals surface area contributed by atoms with Crippen LogP contribution < -0.4 is 19.5 Å². The van der Waals surface area contributed by atoms with E-state index in [1.54, 1.807) is 6.07 Å². The van der Waals surface area contributed by atoms with E-state index in [4.69, 9.17) is 18.9 Å². The fourth-order valence-corrected chi connectivity index (χ4v) is 3.87. The highest BCUT2D eigenvalue weighted by molar-refractivity contribution is 9.10. The number of ether oxygens (including phenoxy) is 4. The van der Waals surface area contributed by atoms with Crippen LogP contribution in [0.3, 0.4) is 0 Å². The van der Waals surface area contributed by atoms with Gasteiger partial charge >= 0.3 is 0 Å². The molecule has 1 saturated heterocycles. The first-order chi connectivity index (χ1) is 13.7. The molecule has 2 aromatic rings. The van der Waals surface area contributed by atoms with E-state index in [2.05, 4.69) is 21.2 Å². The Labute approximate surface area is 172 Å². The predicted molar refractivity (Wildman–Crippen MR) is 107 cm³/mol. The second-order valence-corrected chi connectivity index (χ2v) is 7.74. The summed E-state index contributed by atoms with van der Waals surface area (Å²) in [5.74, 6) is 2.11. The number of nitrogens with one attached hydrogen (secondary N) is 1. The number of hydrogen-bond donors (Lipinski definition) is 1. The van der Waals surface area contributed by atoms with E-state index < -0.39 is 5.41 Å². The summed E-state index contributed by atoms with van der Waals surface area (Å²) in [6.45, 7) is 2.19. The Bertz CT molecular complexity index is 833. The van der Waals surface area contributed by atoms with Gasteiger partial charge in [0.05, 0.1) is 12.0 Å². The second-order valence-electron chi connectivity index (χ2n) is 6.82. The van der Waals surface area contributed by atoms with Crippen LogP contribution in [0.5, 0.6) is 17.2 Å². The molecule has 2 aliphatic heterocycles. The van der Waals surface area contributed by atoms with E-state index in [0.717, 1.165) is 15.8 Å². The summed E-state index contributed by atoms with van der Waals surface area (Å²) in [6.07, 6.45) is 1.34. The van der Waals surface area contributed by atoms with Gasteiger partial charge in [0.1, 0.15) is 12.4 Å². The molecule has 0 unspecified atom stereocenters. The maximum atomic E-state index is 13.1. The maximum Gasteiger partial charge on any atom is 0.231 e. The standard InChI is InChI=1S/C21H22BrNO5/c22-16-3-1-15(2-4-16)21(7-10-25-11-8-21)20(24)23-9-12-26-17-5-6-18-19(13-17)28-14-27-18/h1-6,13H,7-12,14H2,(H,23,24). The summed E-state index contributed by atoms with van der Waals surface area (Å²) in [6, 6.07) is 13.4. The minimum absolute atomic E-state index is 0.0207. The lowest BCUT2D eigenvalue weighted by Gasteiger charge is -2.36. The third kappa shape index (κ3) is 3.95. The molecule has 148 valence electrons. The molecule has 0 saturated carbocycles. The van der Waals surface area contributed by atoms with Gasteiger partial charge in [-0.05, 0) is 42.7 Å². The SMILES string of the molecule is O=C(NCCOc1ccc2c(c1)OCO2)C1(c2ccc(Br)cc2)CCOCC1. The van der Waals surface area contributed by atoms with E-state index in [-0.39, 0.29) is 12.7 Å². The quantitative estimate of drug-likeness (QED) is 0.687. The Morgan fingerprint density at radius 2 is 1.82 bits per heavy atom. The minimum Gasteiger partial charge on any atom is -0.492 e. The molecular formula is C21H22BrNO5. The van der Waals surface area contributed by atoms with Gasteiger partial charge in [-0.1, -0.05) is 28.1 Å². The van der Waals surface area contributed by atoms with Crippen LogP contribution in [0.15, 0.2) is 46.9 Å². The Balaban J connectivity index is 1.36. The van der Waals surface area contributed by atoms with Crippen molar-refractivity contribution in [3.8, 4) is 17.2 Å². The zero-order valence-electron chi connectivity index (χ0n) is 15.4. The van der Waals surface area contributed by atoms with Gasteiger partial charge in [0.15, 0.2) is 11.5 Å². The molecule has 0 aromatic heterocycles. The molecule has 2 heterocycles. The Morgan fingerprint density at radius 3 is 2.61 bits per heavy atom. The smallest absolute Gasteiger partial charge is 0.231 e. The van der Waals surface area contributed by atoms with E-state index in [1.165, 1.54) is 0 Å². The molecule has 28 heavy (non-hydrogen) atoms. The average molecular weight is 448 g/mol. The Hall–Kier alpha value is -2.25. The molecule has 4 rings (SSSR count). The van der Waals surface area contributed by atoms with Crippen LogP contribution in [0.4, 0.5) is 0 Å². The first-order valence-electron chi connectivity index (χ1n) is 9.32. The van der Waals surface area contributed by atoms with E-state index in [1.807, 2.05) is 36.4 Å². The monoisotopic (exact) mass is 447 g/mol. The zero-order valence-corrected chi connectivity index (χ0v) is 17.0. The van der Waals surface area contributed by atoms with E-state index >= 15 is 0 Å². The average Bonchev–Trinajstić information content (AvgIpc) is 3.20. The van der Waals surface area contributed by atoms with Crippen molar-refractivity contribution >= 4 is 21.8 Å². The summed E-state index contributed by atoms with van der Waals surface area (Å²) in [5, 5.41) is 3.04. The van der Waals surface area contributed by atoms with Crippen molar-refractivity contribution in [2.24, 2.45) is 0 Å². The molecule has 0 aliphatic carbocycles. The van der Waals surface area contributed by atoms with Crippen molar-refractivity contribution in [2.45, 2.75) is 18.3 Å². The van der Waals surface area contributed by atoms with E-state index in [0.29, 0.717) is 50.7 Å². The number of fused-ring (bicyclic) bond motifs is 1. The lowest BCUT2D eigenvalue weighted by molar-refractivity contribution is -0.130. The number of benzene rings is 2. The van der Waals surface area contributed by atoms with Gasteiger partial charge in [0.2, 0.25) is 12.7 Å². The number of hydrogen-bond acceptors (Lipinski definition) is 5. The molecule has 1 amide bonds. The first-order valence-corrected chi connectivity index (χ1v) is 10.1. The number of amides is 1. The number of carbonyl (C=O) groups excluding carboxylic acids is 1. The van der Waals surface area contributed by atoms with Gasteiger partial charge in [0.25, 0.3) is 0 Å². The van der Waals surface area contributed by atoms with Gasteiger partial charge in [-0.3, -0.25) is 4.79 Å². The predicted octanol–water partition coefficient (Wildman–Crippen LogP) is 3.42. The normalized spacial score (nSPS) is 17.2. The van der Waals surface area contributed by atoms with Crippen LogP contribution in [0.25, 0.3) is 0 Å². The molecule has 0 spiro atoms. The molecule has 1 N–H and O–H groups in total. The van der Waals surface area contributed by atoms with Crippen molar-refractivity contribution in [1.82, 2.24) is 5.32 Å². The number of rotatable bonds is 6. The van der Waals surface area contributed by atoms with Crippen molar-refractivity contribution in [3.63, 3.8) is 0 Å². The third-order valence-corrected chi connectivity index (χ3v) is 5.71. The lowest BCUT2D eigenvalue weighted by atomic mass is 9.73. The Morgan fingerprint density at radius 1 is 1.07 bits per heavy atom. The second kappa shape index (κ2) is 8.41. The van der Waals surface area contributed by atoms with Gasteiger partial charge in [-0.15, -0.1) is 0 Å². The van der Waals surface area contributed by atoms with Crippen LogP contribution in [0, 0.1) is 0 Å². The lowest BCUT2D eigenvalue weighted by Crippen LogP contribution is -2.48. The molecule has 0 radical (unpaired) electrons. The molecule has 0 bridgehead atoms. The van der Waals surface area contributed by atoms with Gasteiger partial charge in [-0.25, -0.2) is 0 Å². The summed E-state index contributed by atoms with van der Waals surface area (Å²) < 4.78 is 22.9. The molecule has 7 heteroatoms. The largest absolute Gasteiger partial charge is 0.492 e. The molecule has 1 fully saturated rings. The van der Waals surface area contributed by atoms with Gasteiger partial charge in [0, 0.05) is 23.8 Å². The fourth-order valence-electron chi connectivity index (χ4n) is 3.60. The van der Waals surface area contributed by atoms with Crippen LogP contribution >= 0.6 is 15.9 Å². The van der Waals surface area contributed by atoms with E-state index in [9.17, 15) is 4.79 Å². The van der Waals surface area contributed by atoms with Gasteiger partial charge in [-0.2, -0.15) is 0 Å². The number of carbonyl (C=O) groups is 1. The summed E-state index contributed by atoms with van der Waals surface area (Å²) >= 11 is 3.46. The van der Waals surface area contributed by atoms with Crippen molar-refractivity contribution in [1.29, 1.82) is 0 Å². The maximum absolute atomic E-state index is 13.1. The van der Waals surface area contributed by atoms with Crippen molar-refractivity contribution < 1.29 is 23.7 Å².